The van der Waals surface area contributed by atoms with Crippen molar-refractivity contribution in [1.82, 2.24) is 14.9 Å². The summed E-state index contributed by atoms with van der Waals surface area (Å²) in [6.07, 6.45) is 0. The van der Waals surface area contributed by atoms with E-state index in [9.17, 15) is 4.79 Å². The number of benzene rings is 1. The molecular formula is C14H18N4O. The number of likely N-dealkylation sites (N-methyl/N-ethyl adjacent to an activating group) is 1. The van der Waals surface area contributed by atoms with E-state index in [0.717, 1.165) is 16.7 Å². The third-order valence-electron chi connectivity index (χ3n) is 2.91. The first-order chi connectivity index (χ1) is 8.99. The molecule has 1 aromatic heterocycles. The second kappa shape index (κ2) is 5.22. The Labute approximate surface area is 112 Å². The van der Waals surface area contributed by atoms with Gasteiger partial charge in [-0.3, -0.25) is 4.79 Å². The number of fused-ring (bicyclic) bond motifs is 1. The summed E-state index contributed by atoms with van der Waals surface area (Å²) >= 11 is 0. The SMILES string of the molecule is Cc1nc2ccccc2nc1NC(C)C(=O)N(C)C. The molecule has 5 nitrogen and oxygen atoms in total. The lowest BCUT2D eigenvalue weighted by molar-refractivity contribution is -0.129. The van der Waals surface area contributed by atoms with E-state index >= 15 is 0 Å². The number of amides is 1. The zero-order valence-electron chi connectivity index (χ0n) is 11.6. The molecule has 0 radical (unpaired) electrons. The van der Waals surface area contributed by atoms with E-state index in [4.69, 9.17) is 0 Å². The highest BCUT2D eigenvalue weighted by atomic mass is 16.2. The van der Waals surface area contributed by atoms with Gasteiger partial charge in [-0.15, -0.1) is 0 Å². The van der Waals surface area contributed by atoms with E-state index in [1.807, 2.05) is 38.1 Å². The van der Waals surface area contributed by atoms with Crippen molar-refractivity contribution in [3.05, 3.63) is 30.0 Å². The van der Waals surface area contributed by atoms with Crippen LogP contribution in [0.15, 0.2) is 24.3 Å². The van der Waals surface area contributed by atoms with Gasteiger partial charge in [0.05, 0.1) is 16.7 Å². The van der Waals surface area contributed by atoms with Crippen LogP contribution >= 0.6 is 0 Å². The molecule has 0 spiro atoms. The third kappa shape index (κ3) is 2.81. The number of hydrogen-bond acceptors (Lipinski definition) is 4. The van der Waals surface area contributed by atoms with Crippen LogP contribution in [0.1, 0.15) is 12.6 Å². The Kier molecular flexibility index (Phi) is 3.64. The molecule has 1 N–H and O–H groups in total. The van der Waals surface area contributed by atoms with Crippen molar-refractivity contribution in [3.8, 4) is 0 Å². The van der Waals surface area contributed by atoms with Crippen molar-refractivity contribution in [2.45, 2.75) is 19.9 Å². The molecule has 0 aliphatic carbocycles. The topological polar surface area (TPSA) is 58.1 Å². The van der Waals surface area contributed by atoms with Crippen LogP contribution in [0.5, 0.6) is 0 Å². The summed E-state index contributed by atoms with van der Waals surface area (Å²) in [4.78, 5) is 22.4. The molecule has 0 bridgehead atoms. The molecule has 2 aromatic rings. The van der Waals surface area contributed by atoms with E-state index in [2.05, 4.69) is 15.3 Å². The summed E-state index contributed by atoms with van der Waals surface area (Å²) in [6, 6.07) is 7.36. The van der Waals surface area contributed by atoms with Crippen molar-refractivity contribution >= 4 is 22.8 Å². The standard InChI is InChI=1S/C14H18N4O/c1-9-13(16-10(2)14(19)18(3)4)17-12-8-6-5-7-11(12)15-9/h5-8,10H,1-4H3,(H,16,17). The van der Waals surface area contributed by atoms with Crippen molar-refractivity contribution in [3.63, 3.8) is 0 Å². The van der Waals surface area contributed by atoms with E-state index in [1.54, 1.807) is 19.0 Å². The van der Waals surface area contributed by atoms with Crippen LogP contribution in [0.3, 0.4) is 0 Å². The van der Waals surface area contributed by atoms with Crippen molar-refractivity contribution < 1.29 is 4.79 Å². The normalized spacial score (nSPS) is 12.2. The number of aromatic nitrogens is 2. The Morgan fingerprint density at radius 2 is 1.79 bits per heavy atom. The first-order valence-corrected chi connectivity index (χ1v) is 6.20. The number of rotatable bonds is 3. The molecule has 5 heteroatoms. The maximum absolute atomic E-state index is 11.8. The smallest absolute Gasteiger partial charge is 0.244 e. The molecule has 0 fully saturated rings. The predicted octanol–water partition coefficient (Wildman–Crippen LogP) is 1.83. The van der Waals surface area contributed by atoms with Gasteiger partial charge in [0, 0.05) is 14.1 Å². The predicted molar refractivity (Wildman–Crippen MR) is 76.1 cm³/mol. The van der Waals surface area contributed by atoms with Crippen LogP contribution < -0.4 is 5.32 Å². The fourth-order valence-electron chi connectivity index (χ4n) is 1.88. The Bertz CT molecular complexity index is 609. The number of aryl methyl sites for hydroxylation is 1. The summed E-state index contributed by atoms with van der Waals surface area (Å²) in [7, 11) is 3.47. The Hall–Kier alpha value is -2.17. The van der Waals surface area contributed by atoms with E-state index in [0.29, 0.717) is 5.82 Å². The van der Waals surface area contributed by atoms with Crippen LogP contribution in [-0.2, 0) is 4.79 Å². The van der Waals surface area contributed by atoms with Crippen molar-refractivity contribution in [2.24, 2.45) is 0 Å². The average molecular weight is 258 g/mol. The van der Waals surface area contributed by atoms with Crippen LogP contribution in [0.4, 0.5) is 5.82 Å². The molecule has 1 aromatic carbocycles. The van der Waals surface area contributed by atoms with Crippen LogP contribution in [0, 0.1) is 6.92 Å². The van der Waals surface area contributed by atoms with Gasteiger partial charge < -0.3 is 10.2 Å². The summed E-state index contributed by atoms with van der Waals surface area (Å²) in [5, 5.41) is 3.12. The van der Waals surface area contributed by atoms with Gasteiger partial charge in [0.1, 0.15) is 11.9 Å². The molecular weight excluding hydrogens is 240 g/mol. The highest BCUT2D eigenvalue weighted by Crippen LogP contribution is 2.16. The van der Waals surface area contributed by atoms with E-state index < -0.39 is 0 Å². The highest BCUT2D eigenvalue weighted by molar-refractivity contribution is 5.84. The first-order valence-electron chi connectivity index (χ1n) is 6.20. The van der Waals surface area contributed by atoms with Gasteiger partial charge in [-0.05, 0) is 26.0 Å². The number of carbonyl (C=O) groups is 1. The Morgan fingerprint density at radius 1 is 1.21 bits per heavy atom. The van der Waals surface area contributed by atoms with Crippen molar-refractivity contribution in [1.29, 1.82) is 0 Å². The van der Waals surface area contributed by atoms with E-state index in [1.165, 1.54) is 0 Å². The number of nitrogens with zero attached hydrogens (tertiary/aromatic N) is 3. The lowest BCUT2D eigenvalue weighted by Gasteiger charge is -2.19. The number of nitrogens with one attached hydrogen (secondary N) is 1. The zero-order valence-corrected chi connectivity index (χ0v) is 11.6. The lowest BCUT2D eigenvalue weighted by atomic mass is 10.2. The summed E-state index contributed by atoms with van der Waals surface area (Å²) in [5.74, 6) is 0.663. The molecule has 0 aliphatic heterocycles. The van der Waals surface area contributed by atoms with Crippen LogP contribution in [0.25, 0.3) is 11.0 Å². The quantitative estimate of drug-likeness (QED) is 0.912. The molecule has 1 heterocycles. The number of para-hydroxylation sites is 2. The zero-order chi connectivity index (χ0) is 14.0. The minimum absolute atomic E-state index is 0.00867. The van der Waals surface area contributed by atoms with Gasteiger partial charge in [-0.25, -0.2) is 9.97 Å². The largest absolute Gasteiger partial charge is 0.357 e. The average Bonchev–Trinajstić information content (AvgIpc) is 2.38. The third-order valence-corrected chi connectivity index (χ3v) is 2.91. The molecule has 100 valence electrons. The molecule has 0 saturated heterocycles. The number of hydrogen-bond donors (Lipinski definition) is 1. The summed E-state index contributed by atoms with van der Waals surface area (Å²) in [6.45, 7) is 3.70. The molecule has 1 amide bonds. The Morgan fingerprint density at radius 3 is 2.37 bits per heavy atom. The summed E-state index contributed by atoms with van der Waals surface area (Å²) in [5.41, 5.74) is 2.47. The molecule has 1 atom stereocenters. The molecule has 0 saturated carbocycles. The van der Waals surface area contributed by atoms with Gasteiger partial charge in [0.25, 0.3) is 0 Å². The minimum Gasteiger partial charge on any atom is -0.357 e. The van der Waals surface area contributed by atoms with Crippen LogP contribution in [0.2, 0.25) is 0 Å². The molecule has 19 heavy (non-hydrogen) atoms. The minimum atomic E-state index is -0.329. The fourth-order valence-corrected chi connectivity index (χ4v) is 1.88. The Balaban J connectivity index is 2.30. The lowest BCUT2D eigenvalue weighted by Crippen LogP contribution is -2.37. The maximum atomic E-state index is 11.8. The van der Waals surface area contributed by atoms with Crippen LogP contribution in [-0.4, -0.2) is 40.9 Å². The summed E-state index contributed by atoms with van der Waals surface area (Å²) < 4.78 is 0. The van der Waals surface area contributed by atoms with Gasteiger partial charge >= 0.3 is 0 Å². The van der Waals surface area contributed by atoms with E-state index in [-0.39, 0.29) is 11.9 Å². The maximum Gasteiger partial charge on any atom is 0.244 e. The second-order valence-corrected chi connectivity index (χ2v) is 4.75. The van der Waals surface area contributed by atoms with Gasteiger partial charge in [0.15, 0.2) is 0 Å². The van der Waals surface area contributed by atoms with Gasteiger partial charge in [-0.1, -0.05) is 12.1 Å². The number of anilines is 1. The molecule has 1 unspecified atom stereocenters. The molecule has 0 aliphatic rings. The van der Waals surface area contributed by atoms with Crippen molar-refractivity contribution in [2.75, 3.05) is 19.4 Å². The highest BCUT2D eigenvalue weighted by Gasteiger charge is 2.16. The number of carbonyl (C=O) groups excluding carboxylic acids is 1. The first kappa shape index (κ1) is 13.3. The van der Waals surface area contributed by atoms with Gasteiger partial charge in [-0.2, -0.15) is 0 Å². The van der Waals surface area contributed by atoms with Gasteiger partial charge in [0.2, 0.25) is 5.91 Å². The monoisotopic (exact) mass is 258 g/mol. The fraction of sp³-hybridized carbons (Fsp3) is 0.357. The second-order valence-electron chi connectivity index (χ2n) is 4.75. The molecule has 2 rings (SSSR count).